The summed E-state index contributed by atoms with van der Waals surface area (Å²) in [5.74, 6) is 1.45. The number of rotatable bonds is 0. The van der Waals surface area contributed by atoms with Crippen molar-refractivity contribution in [2.45, 2.75) is 25.7 Å². The number of hydrogen-bond acceptors (Lipinski definition) is 3. The maximum Gasteiger partial charge on any atom is 0.172 e. The Balaban J connectivity index is 2.32. The molecule has 0 spiro atoms. The third-order valence-corrected chi connectivity index (χ3v) is 3.97. The van der Waals surface area contributed by atoms with Crippen molar-refractivity contribution < 1.29 is 14.3 Å². The molecule has 4 heteroatoms. The minimum Gasteiger partial charge on any atom is -0.486 e. The number of ether oxygens (including phenoxy) is 2. The lowest BCUT2D eigenvalue weighted by molar-refractivity contribution is 0.0971. The van der Waals surface area contributed by atoms with Gasteiger partial charge in [-0.15, -0.1) is 0 Å². The predicted molar refractivity (Wildman–Crippen MR) is 67.1 cm³/mol. The third-order valence-electron chi connectivity index (χ3n) is 3.34. The van der Waals surface area contributed by atoms with E-state index in [1.807, 2.05) is 6.07 Å². The van der Waals surface area contributed by atoms with Gasteiger partial charge in [0.1, 0.15) is 13.2 Å². The number of Topliss-reactive ketones (excluding diaryl/α,β-unsaturated/α-hetero) is 1. The van der Waals surface area contributed by atoms with E-state index in [-0.39, 0.29) is 11.2 Å². The third kappa shape index (κ3) is 1.50. The number of ketones is 1. The minimum atomic E-state index is -0.138. The van der Waals surface area contributed by atoms with Gasteiger partial charge in [0.15, 0.2) is 17.3 Å². The van der Waals surface area contributed by atoms with Gasteiger partial charge in [-0.25, -0.2) is 0 Å². The van der Waals surface area contributed by atoms with Crippen molar-refractivity contribution in [3.8, 4) is 11.5 Å². The normalized spacial score (nSPS) is 20.3. The first-order chi connectivity index (χ1) is 8.00. The van der Waals surface area contributed by atoms with Crippen molar-refractivity contribution in [1.82, 2.24) is 0 Å². The Morgan fingerprint density at radius 3 is 2.76 bits per heavy atom. The average Bonchev–Trinajstić information content (AvgIpc) is 2.50. The Morgan fingerprint density at radius 2 is 2.00 bits per heavy atom. The fourth-order valence-electron chi connectivity index (χ4n) is 2.66. The fourth-order valence-corrected chi connectivity index (χ4v) is 3.60. The molecule has 90 valence electrons. The highest BCUT2D eigenvalue weighted by atomic mass is 79.9. The topological polar surface area (TPSA) is 35.5 Å². The van der Waals surface area contributed by atoms with E-state index in [0.29, 0.717) is 36.7 Å². The SMILES string of the molecule is CC1(C)CC(=O)c2c3c(cc(Br)c21)OCCO3. The van der Waals surface area contributed by atoms with Crippen LogP contribution in [0.25, 0.3) is 0 Å². The molecule has 0 bridgehead atoms. The van der Waals surface area contributed by atoms with Gasteiger partial charge < -0.3 is 9.47 Å². The minimum absolute atomic E-state index is 0.138. The molecule has 1 aromatic rings. The molecular weight excluding hydrogens is 284 g/mol. The van der Waals surface area contributed by atoms with Crippen LogP contribution < -0.4 is 9.47 Å². The molecule has 2 aliphatic rings. The predicted octanol–water partition coefficient (Wildman–Crippen LogP) is 3.08. The van der Waals surface area contributed by atoms with Crippen LogP contribution in [0.4, 0.5) is 0 Å². The van der Waals surface area contributed by atoms with Crippen molar-refractivity contribution in [3.63, 3.8) is 0 Å². The first kappa shape index (κ1) is 11.1. The Hall–Kier alpha value is -1.03. The Kier molecular flexibility index (Phi) is 2.27. The molecule has 0 radical (unpaired) electrons. The summed E-state index contributed by atoms with van der Waals surface area (Å²) in [5, 5.41) is 0. The lowest BCUT2D eigenvalue weighted by Gasteiger charge is -2.24. The Labute approximate surface area is 108 Å². The Bertz CT molecular complexity index is 520. The summed E-state index contributed by atoms with van der Waals surface area (Å²) in [7, 11) is 0. The Morgan fingerprint density at radius 1 is 1.29 bits per heavy atom. The van der Waals surface area contributed by atoms with Gasteiger partial charge in [0.25, 0.3) is 0 Å². The standard InChI is InChI=1S/C13H13BrO3/c1-13(2)6-8(15)10-11(13)7(14)5-9-12(10)17-4-3-16-9/h5H,3-4,6H2,1-2H3. The van der Waals surface area contributed by atoms with E-state index in [1.165, 1.54) is 0 Å². The number of fused-ring (bicyclic) bond motifs is 3. The highest BCUT2D eigenvalue weighted by molar-refractivity contribution is 9.10. The average molecular weight is 297 g/mol. The summed E-state index contributed by atoms with van der Waals surface area (Å²) in [6.07, 6.45) is 0.529. The largest absolute Gasteiger partial charge is 0.486 e. The summed E-state index contributed by atoms with van der Waals surface area (Å²) in [5.41, 5.74) is 1.62. The summed E-state index contributed by atoms with van der Waals surface area (Å²) in [6.45, 7) is 5.21. The molecule has 0 atom stereocenters. The summed E-state index contributed by atoms with van der Waals surface area (Å²) >= 11 is 3.54. The molecule has 0 unspecified atom stereocenters. The molecule has 3 nitrogen and oxygen atoms in total. The van der Waals surface area contributed by atoms with Crippen LogP contribution in [0.1, 0.15) is 36.2 Å². The molecule has 3 rings (SSSR count). The van der Waals surface area contributed by atoms with Crippen molar-refractivity contribution in [1.29, 1.82) is 0 Å². The smallest absolute Gasteiger partial charge is 0.172 e. The van der Waals surface area contributed by atoms with Crippen molar-refractivity contribution in [2.24, 2.45) is 0 Å². The number of carbonyl (C=O) groups excluding carboxylic acids is 1. The summed E-state index contributed by atoms with van der Waals surface area (Å²) in [4.78, 5) is 12.1. The molecular formula is C13H13BrO3. The van der Waals surface area contributed by atoms with Gasteiger partial charge in [0.2, 0.25) is 0 Å². The van der Waals surface area contributed by atoms with Gasteiger partial charge in [0.05, 0.1) is 5.56 Å². The molecule has 0 saturated heterocycles. The zero-order chi connectivity index (χ0) is 12.2. The first-order valence-corrected chi connectivity index (χ1v) is 6.46. The first-order valence-electron chi connectivity index (χ1n) is 5.66. The van der Waals surface area contributed by atoms with Crippen molar-refractivity contribution in [2.75, 3.05) is 13.2 Å². The van der Waals surface area contributed by atoms with Crippen molar-refractivity contribution >= 4 is 21.7 Å². The fraction of sp³-hybridized carbons (Fsp3) is 0.462. The maximum absolute atomic E-state index is 12.1. The van der Waals surface area contributed by atoms with E-state index in [0.717, 1.165) is 10.0 Å². The van der Waals surface area contributed by atoms with E-state index < -0.39 is 0 Å². The van der Waals surface area contributed by atoms with E-state index in [2.05, 4.69) is 29.8 Å². The van der Waals surface area contributed by atoms with E-state index >= 15 is 0 Å². The lowest BCUT2D eigenvalue weighted by Crippen LogP contribution is -2.18. The second kappa shape index (κ2) is 3.48. The number of carbonyl (C=O) groups is 1. The van der Waals surface area contributed by atoms with Crippen molar-refractivity contribution in [3.05, 3.63) is 21.7 Å². The van der Waals surface area contributed by atoms with Crippen LogP contribution in [0, 0.1) is 0 Å². The second-order valence-electron chi connectivity index (χ2n) is 5.12. The zero-order valence-corrected chi connectivity index (χ0v) is 11.4. The van der Waals surface area contributed by atoms with Crippen LogP contribution in [0.2, 0.25) is 0 Å². The van der Waals surface area contributed by atoms with E-state index in [9.17, 15) is 4.79 Å². The molecule has 0 saturated carbocycles. The van der Waals surface area contributed by atoms with Crippen LogP contribution >= 0.6 is 15.9 Å². The second-order valence-corrected chi connectivity index (χ2v) is 5.97. The zero-order valence-electron chi connectivity index (χ0n) is 9.80. The molecule has 0 aromatic heterocycles. The van der Waals surface area contributed by atoms with E-state index in [4.69, 9.17) is 9.47 Å². The number of halogens is 1. The summed E-state index contributed by atoms with van der Waals surface area (Å²) < 4.78 is 12.1. The quantitative estimate of drug-likeness (QED) is 0.738. The molecule has 17 heavy (non-hydrogen) atoms. The molecule has 0 N–H and O–H groups in total. The highest BCUT2D eigenvalue weighted by Crippen LogP contribution is 2.50. The van der Waals surface area contributed by atoms with Gasteiger partial charge in [-0.05, 0) is 17.0 Å². The van der Waals surface area contributed by atoms with Gasteiger partial charge in [-0.1, -0.05) is 29.8 Å². The number of benzene rings is 1. The van der Waals surface area contributed by atoms with Gasteiger partial charge in [0, 0.05) is 10.9 Å². The van der Waals surface area contributed by atoms with Crippen LogP contribution in [0.15, 0.2) is 10.5 Å². The summed E-state index contributed by atoms with van der Waals surface area (Å²) in [6, 6.07) is 1.91. The van der Waals surface area contributed by atoms with Gasteiger partial charge in [-0.2, -0.15) is 0 Å². The van der Waals surface area contributed by atoms with Crippen LogP contribution in [-0.2, 0) is 5.41 Å². The van der Waals surface area contributed by atoms with Crippen LogP contribution in [-0.4, -0.2) is 19.0 Å². The van der Waals surface area contributed by atoms with E-state index in [1.54, 1.807) is 0 Å². The lowest BCUT2D eigenvalue weighted by atomic mass is 9.86. The molecule has 1 aliphatic heterocycles. The molecule has 0 amide bonds. The van der Waals surface area contributed by atoms with Gasteiger partial charge in [-0.3, -0.25) is 4.79 Å². The highest BCUT2D eigenvalue weighted by Gasteiger charge is 2.41. The maximum atomic E-state index is 12.1. The molecule has 1 aromatic carbocycles. The molecule has 1 aliphatic carbocycles. The monoisotopic (exact) mass is 296 g/mol. The van der Waals surface area contributed by atoms with Gasteiger partial charge >= 0.3 is 0 Å². The van der Waals surface area contributed by atoms with Crippen LogP contribution in [0.3, 0.4) is 0 Å². The molecule has 1 heterocycles. The number of hydrogen-bond donors (Lipinski definition) is 0. The van der Waals surface area contributed by atoms with Crippen LogP contribution in [0.5, 0.6) is 11.5 Å². The molecule has 0 fully saturated rings.